The van der Waals surface area contributed by atoms with E-state index in [9.17, 15) is 0 Å². The Morgan fingerprint density at radius 2 is 1.77 bits per heavy atom. The van der Waals surface area contributed by atoms with Gasteiger partial charge in [0, 0.05) is 31.2 Å². The number of rotatable bonds is 1. The normalized spacial score (nSPS) is 36.9. The highest BCUT2D eigenvalue weighted by molar-refractivity contribution is 4.95. The van der Waals surface area contributed by atoms with Crippen molar-refractivity contribution < 1.29 is 0 Å². The Hall–Kier alpha value is -0.0800. The smallest absolute Gasteiger partial charge is 0.0254 e. The van der Waals surface area contributed by atoms with E-state index in [0.717, 1.165) is 18.1 Å². The minimum atomic E-state index is 0.735. The van der Waals surface area contributed by atoms with Gasteiger partial charge in [0.05, 0.1) is 0 Å². The maximum atomic E-state index is 2.71. The molecule has 1 heterocycles. The Balaban J connectivity index is 2.08. The summed E-state index contributed by atoms with van der Waals surface area (Å²) in [6, 6.07) is 2.45. The van der Waals surface area contributed by atoms with E-state index in [0.29, 0.717) is 0 Å². The van der Waals surface area contributed by atoms with Gasteiger partial charge in [0.25, 0.3) is 0 Å². The summed E-state index contributed by atoms with van der Waals surface area (Å²) in [5.41, 5.74) is 0. The average molecular weight is 182 g/mol. The Kier molecular flexibility index (Phi) is 2.61. The summed E-state index contributed by atoms with van der Waals surface area (Å²) in [6.45, 7) is 7.20. The molecule has 0 aromatic heterocycles. The molecule has 1 aliphatic carbocycles. The van der Waals surface area contributed by atoms with Crippen LogP contribution in [-0.2, 0) is 0 Å². The molecule has 1 aliphatic heterocycles. The van der Waals surface area contributed by atoms with E-state index in [1.54, 1.807) is 0 Å². The molecule has 0 aromatic rings. The number of likely N-dealkylation sites (N-methyl/N-ethyl adjacent to an activating group) is 1. The molecular weight excluding hydrogens is 160 g/mol. The van der Waals surface area contributed by atoms with Crippen molar-refractivity contribution in [2.75, 3.05) is 20.1 Å². The van der Waals surface area contributed by atoms with Gasteiger partial charge in [-0.1, -0.05) is 6.42 Å². The number of piperazine rings is 1. The zero-order valence-electron chi connectivity index (χ0n) is 9.16. The summed E-state index contributed by atoms with van der Waals surface area (Å²) in [4.78, 5) is 5.27. The van der Waals surface area contributed by atoms with Crippen molar-refractivity contribution in [2.45, 2.75) is 51.2 Å². The van der Waals surface area contributed by atoms with Crippen molar-refractivity contribution in [1.29, 1.82) is 0 Å². The molecule has 2 nitrogen and oxygen atoms in total. The van der Waals surface area contributed by atoms with Crippen molar-refractivity contribution in [3.8, 4) is 0 Å². The summed E-state index contributed by atoms with van der Waals surface area (Å²) in [7, 11) is 2.29. The predicted octanol–water partition coefficient (Wildman–Crippen LogP) is 1.56. The Morgan fingerprint density at radius 3 is 2.46 bits per heavy atom. The average Bonchev–Trinajstić information content (AvgIpc) is 2.53. The first-order valence-corrected chi connectivity index (χ1v) is 5.66. The first-order chi connectivity index (χ1) is 6.20. The van der Waals surface area contributed by atoms with E-state index in [4.69, 9.17) is 0 Å². The van der Waals surface area contributed by atoms with E-state index in [-0.39, 0.29) is 0 Å². The first-order valence-electron chi connectivity index (χ1n) is 5.66. The second-order valence-corrected chi connectivity index (χ2v) is 4.88. The van der Waals surface area contributed by atoms with Gasteiger partial charge in [0.1, 0.15) is 0 Å². The summed E-state index contributed by atoms with van der Waals surface area (Å²) in [6.07, 6.45) is 4.28. The summed E-state index contributed by atoms with van der Waals surface area (Å²) < 4.78 is 0. The summed E-state index contributed by atoms with van der Waals surface area (Å²) >= 11 is 0. The van der Waals surface area contributed by atoms with Gasteiger partial charge in [-0.15, -0.1) is 0 Å². The fraction of sp³-hybridized carbons (Fsp3) is 1.00. The molecule has 2 unspecified atom stereocenters. The number of fused-ring (bicyclic) bond motifs is 1. The first kappa shape index (κ1) is 9.47. The molecule has 0 amide bonds. The van der Waals surface area contributed by atoms with Gasteiger partial charge in [-0.2, -0.15) is 0 Å². The lowest BCUT2D eigenvalue weighted by Crippen LogP contribution is -2.57. The lowest BCUT2D eigenvalue weighted by molar-refractivity contribution is 0.0318. The molecule has 1 saturated heterocycles. The molecule has 0 bridgehead atoms. The molecule has 0 spiro atoms. The molecule has 2 heteroatoms. The molecule has 1 saturated carbocycles. The molecule has 0 N–H and O–H groups in total. The maximum absolute atomic E-state index is 2.71. The fourth-order valence-electron chi connectivity index (χ4n) is 3.07. The van der Waals surface area contributed by atoms with Crippen LogP contribution in [0.4, 0.5) is 0 Å². The quantitative estimate of drug-likeness (QED) is 0.607. The van der Waals surface area contributed by atoms with E-state index >= 15 is 0 Å². The van der Waals surface area contributed by atoms with Crippen LogP contribution in [0.5, 0.6) is 0 Å². The zero-order valence-corrected chi connectivity index (χ0v) is 9.16. The second-order valence-electron chi connectivity index (χ2n) is 4.88. The van der Waals surface area contributed by atoms with Crippen LogP contribution < -0.4 is 0 Å². The number of hydrogen-bond acceptors (Lipinski definition) is 2. The Morgan fingerprint density at radius 1 is 1.08 bits per heavy atom. The number of nitrogens with zero attached hydrogens (tertiary/aromatic N) is 2. The molecule has 2 fully saturated rings. The molecule has 2 rings (SSSR count). The molecule has 76 valence electrons. The highest BCUT2D eigenvalue weighted by Crippen LogP contribution is 2.31. The molecule has 0 radical (unpaired) electrons. The molecule has 2 atom stereocenters. The third-order valence-corrected chi connectivity index (χ3v) is 3.81. The SMILES string of the molecule is CC(C)N1CCN(C)C2CCCC21. The Bertz CT molecular complexity index is 179. The van der Waals surface area contributed by atoms with Crippen LogP contribution in [0.15, 0.2) is 0 Å². The molecule has 2 aliphatic rings. The highest BCUT2D eigenvalue weighted by atomic mass is 15.3. The van der Waals surface area contributed by atoms with Gasteiger partial charge >= 0.3 is 0 Å². The summed E-state index contributed by atoms with van der Waals surface area (Å²) in [5, 5.41) is 0. The fourth-order valence-corrected chi connectivity index (χ4v) is 3.07. The topological polar surface area (TPSA) is 6.48 Å². The van der Waals surface area contributed by atoms with Crippen molar-refractivity contribution in [3.05, 3.63) is 0 Å². The largest absolute Gasteiger partial charge is 0.301 e. The minimum Gasteiger partial charge on any atom is -0.301 e. The molecule has 13 heavy (non-hydrogen) atoms. The van der Waals surface area contributed by atoms with Crippen LogP contribution in [0, 0.1) is 0 Å². The zero-order chi connectivity index (χ0) is 9.42. The summed E-state index contributed by atoms with van der Waals surface area (Å²) in [5.74, 6) is 0. The minimum absolute atomic E-state index is 0.735. The van der Waals surface area contributed by atoms with Crippen LogP contribution in [0.2, 0.25) is 0 Å². The van der Waals surface area contributed by atoms with Gasteiger partial charge < -0.3 is 4.90 Å². The van der Waals surface area contributed by atoms with E-state index in [2.05, 4.69) is 30.7 Å². The van der Waals surface area contributed by atoms with Gasteiger partial charge in [-0.05, 0) is 33.7 Å². The van der Waals surface area contributed by atoms with Crippen molar-refractivity contribution in [3.63, 3.8) is 0 Å². The van der Waals surface area contributed by atoms with Crippen LogP contribution in [-0.4, -0.2) is 48.1 Å². The van der Waals surface area contributed by atoms with Crippen LogP contribution in [0.25, 0.3) is 0 Å². The van der Waals surface area contributed by atoms with Crippen molar-refractivity contribution in [1.82, 2.24) is 9.80 Å². The van der Waals surface area contributed by atoms with Gasteiger partial charge in [0.2, 0.25) is 0 Å². The van der Waals surface area contributed by atoms with Gasteiger partial charge in [-0.25, -0.2) is 0 Å². The van der Waals surface area contributed by atoms with E-state index in [1.807, 2.05) is 0 Å². The predicted molar refractivity (Wildman–Crippen MR) is 55.9 cm³/mol. The van der Waals surface area contributed by atoms with E-state index in [1.165, 1.54) is 32.4 Å². The van der Waals surface area contributed by atoms with E-state index < -0.39 is 0 Å². The lowest BCUT2D eigenvalue weighted by atomic mass is 10.0. The van der Waals surface area contributed by atoms with Crippen LogP contribution in [0.3, 0.4) is 0 Å². The van der Waals surface area contributed by atoms with Crippen LogP contribution >= 0.6 is 0 Å². The standard InChI is InChI=1S/C11H22N2/c1-9(2)13-8-7-12(3)10-5-4-6-11(10)13/h9-11H,4-8H2,1-3H3. The highest BCUT2D eigenvalue weighted by Gasteiger charge is 2.38. The molecule has 0 aromatic carbocycles. The second kappa shape index (κ2) is 3.58. The maximum Gasteiger partial charge on any atom is 0.0254 e. The lowest BCUT2D eigenvalue weighted by Gasteiger charge is -2.45. The van der Waals surface area contributed by atoms with Crippen LogP contribution in [0.1, 0.15) is 33.1 Å². The van der Waals surface area contributed by atoms with Gasteiger partial charge in [0.15, 0.2) is 0 Å². The third-order valence-electron chi connectivity index (χ3n) is 3.81. The van der Waals surface area contributed by atoms with Crippen molar-refractivity contribution >= 4 is 0 Å². The number of hydrogen-bond donors (Lipinski definition) is 0. The van der Waals surface area contributed by atoms with Crippen molar-refractivity contribution in [2.24, 2.45) is 0 Å². The van der Waals surface area contributed by atoms with Gasteiger partial charge in [-0.3, -0.25) is 4.90 Å². The Labute approximate surface area is 81.9 Å². The molecular formula is C11H22N2. The monoisotopic (exact) mass is 182 g/mol. The third kappa shape index (κ3) is 1.62.